The molecule has 0 aromatic heterocycles. The first-order valence-electron chi connectivity index (χ1n) is 9.05. The lowest BCUT2D eigenvalue weighted by Crippen LogP contribution is -2.44. The van der Waals surface area contributed by atoms with E-state index in [0.717, 1.165) is 30.0 Å². The van der Waals surface area contributed by atoms with Crippen molar-refractivity contribution in [2.24, 2.45) is 0 Å². The van der Waals surface area contributed by atoms with Crippen LogP contribution in [0.15, 0.2) is 54.6 Å². The van der Waals surface area contributed by atoms with Crippen molar-refractivity contribution in [1.29, 1.82) is 0 Å². The minimum absolute atomic E-state index is 0.0312. The molecule has 0 aliphatic carbocycles. The van der Waals surface area contributed by atoms with Crippen LogP contribution in [0.4, 0.5) is 4.39 Å². The van der Waals surface area contributed by atoms with Crippen LogP contribution in [0.25, 0.3) is 5.57 Å². The van der Waals surface area contributed by atoms with E-state index in [2.05, 4.69) is 11.0 Å². The highest BCUT2D eigenvalue weighted by atomic mass is 19.1. The fraction of sp³-hybridized carbons (Fsp3) is 0.318. The molecule has 1 aliphatic rings. The number of hydrogen-bond acceptors (Lipinski definition) is 3. The summed E-state index contributed by atoms with van der Waals surface area (Å²) in [4.78, 5) is 16.6. The molecule has 0 bridgehead atoms. The third-order valence-corrected chi connectivity index (χ3v) is 5.00. The average molecular weight is 368 g/mol. The van der Waals surface area contributed by atoms with Gasteiger partial charge >= 0.3 is 0 Å². The van der Waals surface area contributed by atoms with Crippen molar-refractivity contribution in [2.45, 2.75) is 19.5 Å². The lowest BCUT2D eigenvalue weighted by molar-refractivity contribution is -0.135. The molecule has 142 valence electrons. The fourth-order valence-electron chi connectivity index (χ4n) is 3.35. The number of nitrogens with zero attached hydrogens (tertiary/aromatic N) is 2. The Morgan fingerprint density at radius 1 is 1.26 bits per heavy atom. The molecule has 0 unspecified atom stereocenters. The van der Waals surface area contributed by atoms with Gasteiger partial charge in [-0.3, -0.25) is 9.69 Å². The van der Waals surface area contributed by atoms with Gasteiger partial charge in [-0.1, -0.05) is 30.3 Å². The molecule has 1 atom stereocenters. The Kier molecular flexibility index (Phi) is 5.91. The van der Waals surface area contributed by atoms with E-state index in [1.54, 1.807) is 25.1 Å². The highest BCUT2D eigenvalue weighted by Crippen LogP contribution is 2.25. The van der Waals surface area contributed by atoms with Gasteiger partial charge in [0, 0.05) is 26.7 Å². The maximum Gasteiger partial charge on any atom is 0.239 e. The minimum atomic E-state index is -0.283. The van der Waals surface area contributed by atoms with Crippen LogP contribution in [0.1, 0.15) is 18.1 Å². The molecule has 0 fully saturated rings. The Balaban J connectivity index is 1.59. The number of benzene rings is 2. The second-order valence-corrected chi connectivity index (χ2v) is 6.89. The largest absolute Gasteiger partial charge is 0.497 e. The van der Waals surface area contributed by atoms with E-state index in [9.17, 15) is 9.18 Å². The van der Waals surface area contributed by atoms with Gasteiger partial charge in [-0.15, -0.1) is 0 Å². The van der Waals surface area contributed by atoms with Crippen LogP contribution in [-0.4, -0.2) is 49.0 Å². The van der Waals surface area contributed by atoms with Crippen molar-refractivity contribution in [2.75, 3.05) is 27.2 Å². The number of hydrogen-bond donors (Lipinski definition) is 0. The van der Waals surface area contributed by atoms with Crippen molar-refractivity contribution in [1.82, 2.24) is 9.80 Å². The van der Waals surface area contributed by atoms with Crippen LogP contribution in [0, 0.1) is 5.82 Å². The van der Waals surface area contributed by atoms with Crippen LogP contribution in [0.2, 0.25) is 0 Å². The van der Waals surface area contributed by atoms with Crippen molar-refractivity contribution in [3.63, 3.8) is 0 Å². The van der Waals surface area contributed by atoms with Crippen LogP contribution in [0.5, 0.6) is 5.75 Å². The zero-order valence-electron chi connectivity index (χ0n) is 16.0. The normalized spacial score (nSPS) is 15.3. The van der Waals surface area contributed by atoms with E-state index in [1.165, 1.54) is 17.7 Å². The Bertz CT molecular complexity index is 832. The molecule has 3 rings (SSSR count). The monoisotopic (exact) mass is 368 g/mol. The van der Waals surface area contributed by atoms with E-state index in [1.807, 2.05) is 37.3 Å². The molecule has 4 nitrogen and oxygen atoms in total. The zero-order chi connectivity index (χ0) is 19.4. The molecule has 0 spiro atoms. The number of ether oxygens (including phenoxy) is 1. The molecule has 5 heteroatoms. The van der Waals surface area contributed by atoms with Gasteiger partial charge in [-0.2, -0.15) is 0 Å². The molecule has 1 aliphatic heterocycles. The summed E-state index contributed by atoms with van der Waals surface area (Å²) in [5.74, 6) is 0.578. The quantitative estimate of drug-likeness (QED) is 0.781. The molecule has 0 N–H and O–H groups in total. The fourth-order valence-corrected chi connectivity index (χ4v) is 3.35. The highest BCUT2D eigenvalue weighted by molar-refractivity contribution is 5.82. The number of carbonyl (C=O) groups excluding carboxylic acids is 1. The first kappa shape index (κ1) is 19.1. The number of amides is 1. The van der Waals surface area contributed by atoms with E-state index < -0.39 is 0 Å². The predicted octanol–water partition coefficient (Wildman–Crippen LogP) is 3.58. The van der Waals surface area contributed by atoms with Gasteiger partial charge < -0.3 is 9.64 Å². The third kappa shape index (κ3) is 4.55. The van der Waals surface area contributed by atoms with Gasteiger partial charge in [-0.05, 0) is 47.9 Å². The molecule has 2 aromatic carbocycles. The highest BCUT2D eigenvalue weighted by Gasteiger charge is 2.27. The maximum absolute atomic E-state index is 13.3. The molecule has 0 radical (unpaired) electrons. The van der Waals surface area contributed by atoms with Crippen molar-refractivity contribution in [3.8, 4) is 5.75 Å². The summed E-state index contributed by atoms with van der Waals surface area (Å²) in [5, 5.41) is 0. The predicted molar refractivity (Wildman–Crippen MR) is 105 cm³/mol. The van der Waals surface area contributed by atoms with Gasteiger partial charge in [0.05, 0.1) is 13.2 Å². The number of carbonyl (C=O) groups is 1. The molecule has 1 amide bonds. The Labute approximate surface area is 159 Å². The van der Waals surface area contributed by atoms with Gasteiger partial charge in [0.15, 0.2) is 0 Å². The van der Waals surface area contributed by atoms with Gasteiger partial charge in [-0.25, -0.2) is 4.39 Å². The smallest absolute Gasteiger partial charge is 0.239 e. The molecule has 27 heavy (non-hydrogen) atoms. The molecule has 0 saturated heterocycles. The summed E-state index contributed by atoms with van der Waals surface area (Å²) >= 11 is 0. The first-order chi connectivity index (χ1) is 13.0. The lowest BCUT2D eigenvalue weighted by atomic mass is 10.1. The van der Waals surface area contributed by atoms with Crippen LogP contribution < -0.4 is 4.74 Å². The zero-order valence-corrected chi connectivity index (χ0v) is 16.0. The maximum atomic E-state index is 13.3. The summed E-state index contributed by atoms with van der Waals surface area (Å²) in [6.45, 7) is 3.79. The molecular weight excluding hydrogens is 343 g/mol. The summed E-state index contributed by atoms with van der Waals surface area (Å²) in [6, 6.07) is 14.1. The van der Waals surface area contributed by atoms with E-state index in [4.69, 9.17) is 4.74 Å². The summed E-state index contributed by atoms with van der Waals surface area (Å²) < 4.78 is 18.6. The molecular formula is C22H25FN2O2. The lowest BCUT2D eigenvalue weighted by Gasteiger charge is -2.28. The van der Waals surface area contributed by atoms with E-state index in [-0.39, 0.29) is 17.8 Å². The topological polar surface area (TPSA) is 32.8 Å². The Morgan fingerprint density at radius 3 is 2.67 bits per heavy atom. The number of methoxy groups -OCH3 is 1. The van der Waals surface area contributed by atoms with Crippen LogP contribution in [-0.2, 0) is 11.3 Å². The summed E-state index contributed by atoms with van der Waals surface area (Å²) in [5.41, 5.74) is 3.15. The van der Waals surface area contributed by atoms with Crippen LogP contribution in [0.3, 0.4) is 0 Å². The number of likely N-dealkylation sites (N-methyl/N-ethyl adjacent to an activating group) is 1. The van der Waals surface area contributed by atoms with E-state index >= 15 is 0 Å². The number of rotatable bonds is 6. The van der Waals surface area contributed by atoms with Crippen molar-refractivity contribution >= 4 is 11.5 Å². The van der Waals surface area contributed by atoms with Crippen molar-refractivity contribution in [3.05, 3.63) is 71.6 Å². The standard InChI is InChI=1S/C22H25FN2O2/c1-16(22(26)24(2)14-17-5-4-6-20(23)13-17)25-12-11-19(15-25)18-7-9-21(27-3)10-8-18/h4-11,13,16H,12,14-15H2,1-3H3/t16-/m1/s1. The molecule has 2 aromatic rings. The Hall–Kier alpha value is -2.66. The third-order valence-electron chi connectivity index (χ3n) is 5.00. The van der Waals surface area contributed by atoms with Gasteiger partial charge in [0.1, 0.15) is 11.6 Å². The van der Waals surface area contributed by atoms with Crippen molar-refractivity contribution < 1.29 is 13.9 Å². The Morgan fingerprint density at radius 2 is 2.00 bits per heavy atom. The van der Waals surface area contributed by atoms with Gasteiger partial charge in [0.25, 0.3) is 0 Å². The SMILES string of the molecule is COc1ccc(C2=CCN([C@H](C)C(=O)N(C)Cc3cccc(F)c3)C2)cc1. The van der Waals surface area contributed by atoms with E-state index in [0.29, 0.717) is 6.54 Å². The minimum Gasteiger partial charge on any atom is -0.497 e. The molecule has 0 saturated carbocycles. The second-order valence-electron chi connectivity index (χ2n) is 6.89. The first-order valence-corrected chi connectivity index (χ1v) is 9.05. The van der Waals surface area contributed by atoms with Gasteiger partial charge in [0.2, 0.25) is 5.91 Å². The van der Waals surface area contributed by atoms with Crippen LogP contribution >= 0.6 is 0 Å². The summed E-state index contributed by atoms with van der Waals surface area (Å²) in [7, 11) is 3.41. The number of halogens is 1. The molecule has 1 heterocycles. The summed E-state index contributed by atoms with van der Waals surface area (Å²) in [6.07, 6.45) is 2.16. The average Bonchev–Trinajstić information content (AvgIpc) is 3.17. The second kappa shape index (κ2) is 8.35.